The van der Waals surface area contributed by atoms with Crippen LogP contribution < -0.4 is 14.8 Å². The van der Waals surface area contributed by atoms with Crippen LogP contribution in [0.4, 0.5) is 5.69 Å². The number of aryl methyl sites for hydroxylation is 1. The van der Waals surface area contributed by atoms with E-state index < -0.39 is 0 Å². The Bertz CT molecular complexity index is 1010. The lowest BCUT2D eigenvalue weighted by Crippen LogP contribution is -2.38. The summed E-state index contributed by atoms with van der Waals surface area (Å²) in [6.45, 7) is 10.4. The molecule has 0 radical (unpaired) electrons. The highest BCUT2D eigenvalue weighted by atomic mass is 16.5. The van der Waals surface area contributed by atoms with E-state index in [2.05, 4.69) is 19.2 Å². The number of carbonyl (C=O) groups excluding carboxylic acids is 2. The van der Waals surface area contributed by atoms with Gasteiger partial charge in [-0.15, -0.1) is 0 Å². The predicted octanol–water partition coefficient (Wildman–Crippen LogP) is 4.64. The second kappa shape index (κ2) is 9.25. The van der Waals surface area contributed by atoms with Gasteiger partial charge in [0.25, 0.3) is 11.8 Å². The van der Waals surface area contributed by atoms with Crippen molar-refractivity contribution >= 4 is 23.1 Å². The van der Waals surface area contributed by atoms with Gasteiger partial charge in [0.15, 0.2) is 0 Å². The smallest absolute Gasteiger partial charge is 0.278 e. The average Bonchev–Trinajstić information content (AvgIpc) is 2.96. The average molecular weight is 423 g/mol. The Morgan fingerprint density at radius 3 is 2.23 bits per heavy atom. The summed E-state index contributed by atoms with van der Waals surface area (Å²) in [5.41, 5.74) is 2.90. The zero-order valence-electron chi connectivity index (χ0n) is 19.0. The Morgan fingerprint density at radius 2 is 1.65 bits per heavy atom. The van der Waals surface area contributed by atoms with E-state index in [1.54, 1.807) is 7.11 Å². The molecule has 31 heavy (non-hydrogen) atoms. The molecule has 164 valence electrons. The second-order valence-corrected chi connectivity index (χ2v) is 8.38. The summed E-state index contributed by atoms with van der Waals surface area (Å²) in [5.74, 6) is 1.07. The molecule has 2 amide bonds. The third-order valence-electron chi connectivity index (χ3n) is 4.97. The fraction of sp³-hybridized carbons (Fsp3) is 0.360. The Morgan fingerprint density at radius 1 is 0.968 bits per heavy atom. The van der Waals surface area contributed by atoms with Gasteiger partial charge < -0.3 is 14.8 Å². The molecule has 1 N–H and O–H groups in total. The van der Waals surface area contributed by atoms with Crippen molar-refractivity contribution in [2.24, 2.45) is 5.92 Å². The van der Waals surface area contributed by atoms with Crippen LogP contribution in [0.1, 0.15) is 38.8 Å². The fourth-order valence-electron chi connectivity index (χ4n) is 3.43. The molecule has 0 spiro atoms. The van der Waals surface area contributed by atoms with E-state index in [4.69, 9.17) is 9.47 Å². The van der Waals surface area contributed by atoms with Crippen LogP contribution in [0.25, 0.3) is 5.57 Å². The van der Waals surface area contributed by atoms with Crippen molar-refractivity contribution in [3.63, 3.8) is 0 Å². The molecular formula is C25H30N2O4. The van der Waals surface area contributed by atoms with Crippen molar-refractivity contribution in [2.75, 3.05) is 19.0 Å². The van der Waals surface area contributed by atoms with Crippen LogP contribution >= 0.6 is 0 Å². The number of imide groups is 1. The molecule has 0 saturated carbocycles. The SMILES string of the molecule is COc1ccc(C)cc1NC1=C(c2ccc(OCC(C)C)cc2)C(=O)N(C(C)C)C1=O. The Balaban J connectivity index is 2.03. The Kier molecular flexibility index (Phi) is 6.68. The second-order valence-electron chi connectivity index (χ2n) is 8.38. The quantitative estimate of drug-likeness (QED) is 0.628. The number of hydrogen-bond acceptors (Lipinski definition) is 5. The highest BCUT2D eigenvalue weighted by Gasteiger charge is 2.40. The number of nitrogens with zero attached hydrogens (tertiary/aromatic N) is 1. The molecule has 0 atom stereocenters. The summed E-state index contributed by atoms with van der Waals surface area (Å²) in [5, 5.41) is 3.18. The van der Waals surface area contributed by atoms with E-state index >= 15 is 0 Å². The number of nitrogens with one attached hydrogen (secondary N) is 1. The molecule has 2 aromatic carbocycles. The van der Waals surface area contributed by atoms with Crippen molar-refractivity contribution < 1.29 is 19.1 Å². The van der Waals surface area contributed by atoms with Gasteiger partial charge >= 0.3 is 0 Å². The molecule has 0 unspecified atom stereocenters. The van der Waals surface area contributed by atoms with Crippen molar-refractivity contribution in [1.82, 2.24) is 4.90 Å². The Labute approximate surface area is 183 Å². The van der Waals surface area contributed by atoms with E-state index in [9.17, 15) is 9.59 Å². The summed E-state index contributed by atoms with van der Waals surface area (Å²) >= 11 is 0. The van der Waals surface area contributed by atoms with Gasteiger partial charge in [0.1, 0.15) is 17.2 Å². The third-order valence-corrected chi connectivity index (χ3v) is 4.97. The van der Waals surface area contributed by atoms with Gasteiger partial charge in [0, 0.05) is 6.04 Å². The van der Waals surface area contributed by atoms with Crippen LogP contribution in [0.3, 0.4) is 0 Å². The van der Waals surface area contributed by atoms with Crippen LogP contribution in [0.5, 0.6) is 11.5 Å². The van der Waals surface area contributed by atoms with Crippen LogP contribution in [0, 0.1) is 12.8 Å². The van der Waals surface area contributed by atoms with E-state index in [-0.39, 0.29) is 23.6 Å². The van der Waals surface area contributed by atoms with Gasteiger partial charge in [-0.1, -0.05) is 32.0 Å². The van der Waals surface area contributed by atoms with Crippen LogP contribution in [-0.4, -0.2) is 36.5 Å². The first-order chi connectivity index (χ1) is 14.7. The standard InChI is InChI=1S/C25H30N2O4/c1-15(2)14-31-19-10-8-18(9-11-19)22-23(25(29)27(16(3)4)24(22)28)26-20-13-17(5)7-12-21(20)30-6/h7-13,15-16,26H,14H2,1-6H3. The summed E-state index contributed by atoms with van der Waals surface area (Å²) in [6.07, 6.45) is 0. The number of hydrogen-bond donors (Lipinski definition) is 1. The molecule has 0 saturated heterocycles. The molecule has 0 fully saturated rings. The van der Waals surface area contributed by atoms with Gasteiger partial charge in [-0.2, -0.15) is 0 Å². The predicted molar refractivity (Wildman–Crippen MR) is 122 cm³/mol. The zero-order valence-corrected chi connectivity index (χ0v) is 19.0. The van der Waals surface area contributed by atoms with E-state index in [1.807, 2.05) is 63.2 Å². The largest absolute Gasteiger partial charge is 0.495 e. The highest BCUT2D eigenvalue weighted by Crippen LogP contribution is 2.35. The first kappa shape index (κ1) is 22.4. The fourth-order valence-corrected chi connectivity index (χ4v) is 3.43. The van der Waals surface area contributed by atoms with Crippen molar-refractivity contribution in [1.29, 1.82) is 0 Å². The number of benzene rings is 2. The molecule has 3 rings (SSSR count). The molecular weight excluding hydrogens is 392 g/mol. The number of ether oxygens (including phenoxy) is 2. The minimum atomic E-state index is -0.348. The van der Waals surface area contributed by atoms with Crippen molar-refractivity contribution in [3.05, 3.63) is 59.3 Å². The van der Waals surface area contributed by atoms with Crippen molar-refractivity contribution in [2.45, 2.75) is 40.7 Å². The van der Waals surface area contributed by atoms with Crippen molar-refractivity contribution in [3.8, 4) is 11.5 Å². The lowest BCUT2D eigenvalue weighted by atomic mass is 10.0. The third kappa shape index (κ3) is 4.74. The monoisotopic (exact) mass is 422 g/mol. The zero-order chi connectivity index (χ0) is 22.7. The minimum Gasteiger partial charge on any atom is -0.495 e. The molecule has 6 heteroatoms. The number of anilines is 1. The summed E-state index contributed by atoms with van der Waals surface area (Å²) < 4.78 is 11.2. The number of methoxy groups -OCH3 is 1. The summed E-state index contributed by atoms with van der Waals surface area (Å²) in [7, 11) is 1.57. The molecule has 0 aliphatic carbocycles. The van der Waals surface area contributed by atoms with Crippen LogP contribution in [-0.2, 0) is 9.59 Å². The minimum absolute atomic E-state index is 0.249. The number of carbonyl (C=O) groups is 2. The van der Waals surface area contributed by atoms with Gasteiger partial charge in [0.05, 0.1) is 25.0 Å². The lowest BCUT2D eigenvalue weighted by molar-refractivity contribution is -0.138. The van der Waals surface area contributed by atoms with Crippen LogP contribution in [0.2, 0.25) is 0 Å². The normalized spacial score (nSPS) is 14.1. The molecule has 1 aliphatic rings. The number of rotatable bonds is 8. The van der Waals surface area contributed by atoms with E-state index in [1.165, 1.54) is 4.90 Å². The first-order valence-corrected chi connectivity index (χ1v) is 10.5. The maximum absolute atomic E-state index is 13.2. The van der Waals surface area contributed by atoms with E-state index in [0.29, 0.717) is 35.1 Å². The van der Waals surface area contributed by atoms with Gasteiger partial charge in [0.2, 0.25) is 0 Å². The molecule has 2 aromatic rings. The molecule has 0 bridgehead atoms. The topological polar surface area (TPSA) is 67.9 Å². The van der Waals surface area contributed by atoms with Gasteiger partial charge in [-0.25, -0.2) is 0 Å². The van der Waals surface area contributed by atoms with Crippen LogP contribution in [0.15, 0.2) is 48.2 Å². The molecule has 0 aromatic heterocycles. The highest BCUT2D eigenvalue weighted by molar-refractivity contribution is 6.36. The Hall–Kier alpha value is -3.28. The summed E-state index contributed by atoms with van der Waals surface area (Å²) in [4.78, 5) is 27.7. The van der Waals surface area contributed by atoms with Gasteiger partial charge in [-0.05, 0) is 62.1 Å². The molecule has 6 nitrogen and oxygen atoms in total. The number of amides is 2. The molecule has 1 aliphatic heterocycles. The summed E-state index contributed by atoms with van der Waals surface area (Å²) in [6, 6.07) is 12.7. The van der Waals surface area contributed by atoms with E-state index in [0.717, 1.165) is 11.3 Å². The molecule has 1 heterocycles. The maximum atomic E-state index is 13.2. The maximum Gasteiger partial charge on any atom is 0.278 e. The first-order valence-electron chi connectivity index (χ1n) is 10.5. The van der Waals surface area contributed by atoms with Gasteiger partial charge in [-0.3, -0.25) is 14.5 Å². The lowest BCUT2D eigenvalue weighted by Gasteiger charge is -2.19.